The minimum Gasteiger partial charge on any atom is -0.384 e. The Kier molecular flexibility index (Phi) is 3.90. The Labute approximate surface area is 110 Å². The summed E-state index contributed by atoms with van der Waals surface area (Å²) < 4.78 is 0. The maximum atomic E-state index is 10.9. The van der Waals surface area contributed by atoms with E-state index in [9.17, 15) is 10.1 Å². The fraction of sp³-hybridized carbons (Fsp3) is 0.545. The van der Waals surface area contributed by atoms with E-state index in [1.807, 2.05) is 0 Å². The van der Waals surface area contributed by atoms with E-state index in [0.29, 0.717) is 11.1 Å². The summed E-state index contributed by atoms with van der Waals surface area (Å²) in [7, 11) is 0. The molecule has 2 unspecified atom stereocenters. The summed E-state index contributed by atoms with van der Waals surface area (Å²) in [5.74, 6) is 0.577. The highest BCUT2D eigenvalue weighted by molar-refractivity contribution is 7.99. The summed E-state index contributed by atoms with van der Waals surface area (Å²) in [6, 6.07) is 3.07. The molecule has 6 nitrogen and oxygen atoms in total. The molecular weight excluding hydrogens is 252 g/mol. The number of aromatic nitrogens is 1. The third-order valence-corrected chi connectivity index (χ3v) is 4.34. The topological polar surface area (TPSA) is 94.1 Å². The molecule has 0 aliphatic heterocycles. The van der Waals surface area contributed by atoms with Gasteiger partial charge in [0.25, 0.3) is 0 Å². The number of hydrogen-bond acceptors (Lipinski definition) is 6. The predicted octanol–water partition coefficient (Wildman–Crippen LogP) is 2.27. The van der Waals surface area contributed by atoms with Gasteiger partial charge < -0.3 is 11.1 Å². The lowest BCUT2D eigenvalue weighted by Gasteiger charge is -2.19. The molecule has 0 amide bonds. The van der Waals surface area contributed by atoms with Crippen LogP contribution < -0.4 is 11.1 Å². The van der Waals surface area contributed by atoms with Gasteiger partial charge in [0.2, 0.25) is 5.82 Å². The Balaban J connectivity index is 2.22. The molecule has 1 aromatic heterocycles. The van der Waals surface area contributed by atoms with Gasteiger partial charge in [-0.15, -0.1) is 0 Å². The van der Waals surface area contributed by atoms with E-state index in [-0.39, 0.29) is 17.5 Å². The van der Waals surface area contributed by atoms with Crippen LogP contribution in [0, 0.1) is 10.1 Å². The van der Waals surface area contributed by atoms with Crippen molar-refractivity contribution < 1.29 is 4.92 Å². The fourth-order valence-corrected chi connectivity index (χ4v) is 3.20. The van der Waals surface area contributed by atoms with Gasteiger partial charge in [0, 0.05) is 17.4 Å². The molecule has 0 radical (unpaired) electrons. The van der Waals surface area contributed by atoms with Gasteiger partial charge in [0.05, 0.1) is 4.92 Å². The molecule has 1 aliphatic carbocycles. The maximum Gasteiger partial charge on any atom is 0.311 e. The zero-order valence-corrected chi connectivity index (χ0v) is 10.9. The van der Waals surface area contributed by atoms with Crippen molar-refractivity contribution in [1.29, 1.82) is 0 Å². The van der Waals surface area contributed by atoms with Crippen LogP contribution in [-0.4, -0.2) is 27.5 Å². The van der Waals surface area contributed by atoms with Crippen molar-refractivity contribution in [2.75, 3.05) is 17.3 Å². The second-order valence-corrected chi connectivity index (χ2v) is 5.39. The van der Waals surface area contributed by atoms with Gasteiger partial charge in [-0.25, -0.2) is 4.98 Å². The lowest BCUT2D eigenvalue weighted by Crippen LogP contribution is -2.26. The van der Waals surface area contributed by atoms with Crippen molar-refractivity contribution in [1.82, 2.24) is 4.98 Å². The third-order valence-electron chi connectivity index (χ3n) is 3.17. The SMILES string of the molecule is CSC1CCCC1Nc1nc(N)ccc1[N+](=O)[O-]. The van der Waals surface area contributed by atoms with E-state index >= 15 is 0 Å². The average molecular weight is 268 g/mol. The molecule has 3 N–H and O–H groups in total. The molecule has 0 aromatic carbocycles. The van der Waals surface area contributed by atoms with E-state index in [2.05, 4.69) is 16.6 Å². The van der Waals surface area contributed by atoms with Crippen molar-refractivity contribution >= 4 is 29.1 Å². The smallest absolute Gasteiger partial charge is 0.311 e. The Morgan fingerprint density at radius 3 is 3.00 bits per heavy atom. The van der Waals surface area contributed by atoms with Crippen LogP contribution in [0.25, 0.3) is 0 Å². The van der Waals surface area contributed by atoms with E-state index in [1.54, 1.807) is 11.8 Å². The first-order valence-corrected chi connectivity index (χ1v) is 7.11. The highest BCUT2D eigenvalue weighted by Gasteiger charge is 2.28. The lowest BCUT2D eigenvalue weighted by molar-refractivity contribution is -0.384. The number of rotatable bonds is 4. The summed E-state index contributed by atoms with van der Waals surface area (Å²) in [5, 5.41) is 14.6. The van der Waals surface area contributed by atoms with Gasteiger partial charge in [0.15, 0.2) is 0 Å². The zero-order valence-electron chi connectivity index (χ0n) is 10.1. The highest BCUT2D eigenvalue weighted by atomic mass is 32.2. The van der Waals surface area contributed by atoms with Crippen molar-refractivity contribution in [2.45, 2.75) is 30.6 Å². The van der Waals surface area contributed by atoms with Crippen LogP contribution in [0.5, 0.6) is 0 Å². The van der Waals surface area contributed by atoms with Crippen molar-refractivity contribution in [3.63, 3.8) is 0 Å². The average Bonchev–Trinajstić information content (AvgIpc) is 2.76. The maximum absolute atomic E-state index is 10.9. The molecule has 7 heteroatoms. The van der Waals surface area contributed by atoms with Crippen LogP contribution in [0.4, 0.5) is 17.3 Å². The molecule has 18 heavy (non-hydrogen) atoms. The first-order valence-electron chi connectivity index (χ1n) is 5.82. The van der Waals surface area contributed by atoms with E-state index in [1.165, 1.54) is 12.1 Å². The largest absolute Gasteiger partial charge is 0.384 e. The molecule has 2 rings (SSSR count). The summed E-state index contributed by atoms with van der Waals surface area (Å²) in [5.41, 5.74) is 5.57. The number of nitrogens with two attached hydrogens (primary N) is 1. The van der Waals surface area contributed by atoms with E-state index < -0.39 is 4.92 Å². The van der Waals surface area contributed by atoms with Crippen LogP contribution in [0.3, 0.4) is 0 Å². The van der Waals surface area contributed by atoms with Crippen LogP contribution >= 0.6 is 11.8 Å². The van der Waals surface area contributed by atoms with Gasteiger partial charge in [-0.05, 0) is 25.2 Å². The van der Waals surface area contributed by atoms with Crippen LogP contribution in [0.15, 0.2) is 12.1 Å². The van der Waals surface area contributed by atoms with Gasteiger partial charge in [-0.3, -0.25) is 10.1 Å². The molecule has 1 saturated carbocycles. The molecule has 0 saturated heterocycles. The zero-order chi connectivity index (χ0) is 13.1. The molecule has 2 atom stereocenters. The predicted molar refractivity (Wildman–Crippen MR) is 73.9 cm³/mol. The summed E-state index contributed by atoms with van der Waals surface area (Å²) in [6.07, 6.45) is 5.35. The molecule has 98 valence electrons. The minimum atomic E-state index is -0.433. The molecule has 1 fully saturated rings. The molecule has 1 heterocycles. The number of nitrogen functional groups attached to an aromatic ring is 1. The van der Waals surface area contributed by atoms with Gasteiger partial charge in [-0.1, -0.05) is 6.42 Å². The monoisotopic (exact) mass is 268 g/mol. The number of pyridine rings is 1. The molecule has 0 spiro atoms. The Hall–Kier alpha value is -1.50. The summed E-state index contributed by atoms with van der Waals surface area (Å²) >= 11 is 1.79. The number of nitro groups is 1. The van der Waals surface area contributed by atoms with Crippen molar-refractivity contribution in [2.24, 2.45) is 0 Å². The van der Waals surface area contributed by atoms with Crippen LogP contribution in [0.2, 0.25) is 0 Å². The lowest BCUT2D eigenvalue weighted by atomic mass is 10.2. The van der Waals surface area contributed by atoms with E-state index in [4.69, 9.17) is 5.73 Å². The Morgan fingerprint density at radius 2 is 2.33 bits per heavy atom. The summed E-state index contributed by atoms with van der Waals surface area (Å²) in [4.78, 5) is 14.5. The molecular formula is C11H16N4O2S. The fourth-order valence-electron chi connectivity index (χ4n) is 2.27. The first-order chi connectivity index (χ1) is 8.61. The standard InChI is InChI=1S/C11H16N4O2S/c1-18-9-4-2-3-7(9)13-11-8(15(16)17)5-6-10(12)14-11/h5-7,9H,2-4H2,1H3,(H3,12,13,14). The third kappa shape index (κ3) is 2.66. The quantitative estimate of drug-likeness (QED) is 0.642. The van der Waals surface area contributed by atoms with Crippen LogP contribution in [-0.2, 0) is 0 Å². The molecule has 1 aromatic rings. The van der Waals surface area contributed by atoms with Crippen molar-refractivity contribution in [3.05, 3.63) is 22.2 Å². The normalized spacial score (nSPS) is 22.9. The van der Waals surface area contributed by atoms with Gasteiger partial charge in [0.1, 0.15) is 5.82 Å². The second-order valence-electron chi connectivity index (χ2n) is 4.32. The Morgan fingerprint density at radius 1 is 1.56 bits per heavy atom. The van der Waals surface area contributed by atoms with Gasteiger partial charge in [-0.2, -0.15) is 11.8 Å². The molecule has 1 aliphatic rings. The number of thioether (sulfide) groups is 1. The highest BCUT2D eigenvalue weighted by Crippen LogP contribution is 2.32. The summed E-state index contributed by atoms with van der Waals surface area (Å²) in [6.45, 7) is 0. The molecule has 0 bridgehead atoms. The van der Waals surface area contributed by atoms with Gasteiger partial charge >= 0.3 is 5.69 Å². The second kappa shape index (κ2) is 5.43. The number of anilines is 2. The number of hydrogen-bond donors (Lipinski definition) is 2. The first kappa shape index (κ1) is 12.9. The van der Waals surface area contributed by atoms with Crippen molar-refractivity contribution in [3.8, 4) is 0 Å². The Bertz CT molecular complexity index is 455. The van der Waals surface area contributed by atoms with Crippen LogP contribution in [0.1, 0.15) is 19.3 Å². The number of nitrogens with one attached hydrogen (secondary N) is 1. The van der Waals surface area contributed by atoms with E-state index in [0.717, 1.165) is 19.3 Å². The number of nitrogens with zero attached hydrogens (tertiary/aromatic N) is 2. The minimum absolute atomic E-state index is 0.0176.